The number of quaternary nitrogens is 1. The van der Waals surface area contributed by atoms with Gasteiger partial charge in [-0.2, -0.15) is 0 Å². The van der Waals surface area contributed by atoms with Gasteiger partial charge in [0, 0.05) is 0 Å². The molecule has 0 rings (SSSR count). The predicted octanol–water partition coefficient (Wildman–Crippen LogP) is 7.72. The Morgan fingerprint density at radius 1 is 0.710 bits per heavy atom. The van der Waals surface area contributed by atoms with Crippen molar-refractivity contribution in [3.05, 3.63) is 0 Å². The largest absolute Gasteiger partial charge is 0.472 e. The van der Waals surface area contributed by atoms with Crippen molar-refractivity contribution in [3.63, 3.8) is 0 Å². The first kappa shape index (κ1) is 31.1. The first-order chi connectivity index (χ1) is 14.7. The molecule has 0 saturated heterocycles. The second-order valence-electron chi connectivity index (χ2n) is 10.3. The van der Waals surface area contributed by atoms with E-state index < -0.39 is 7.82 Å². The van der Waals surface area contributed by atoms with Crippen molar-refractivity contribution in [2.45, 2.75) is 117 Å². The van der Waals surface area contributed by atoms with Crippen LogP contribution >= 0.6 is 7.82 Å². The smallest absolute Gasteiger partial charge is 0.329 e. The lowest BCUT2D eigenvalue weighted by Crippen LogP contribution is -2.37. The van der Waals surface area contributed by atoms with E-state index in [4.69, 9.17) is 9.05 Å². The third-order valence-corrected chi connectivity index (χ3v) is 6.91. The Balaban J connectivity index is 4.24. The maximum absolute atomic E-state index is 12.3. The molecular weight excluding hydrogens is 409 g/mol. The molecule has 6 heteroatoms. The Kier molecular flexibility index (Phi) is 19.6. The standard InChI is InChI=1S/C25H54NO4P/c1-6-8-10-12-14-15-17-19-21-25(20-18-16-13-11-9-7-2)24-30-31(27,28)29-23-22-26(3,4)5/h25H,6-24H2,1-5H3/p+1. The van der Waals surface area contributed by atoms with E-state index in [1.54, 1.807) is 0 Å². The fraction of sp³-hybridized carbons (Fsp3) is 1.00. The van der Waals surface area contributed by atoms with Crippen molar-refractivity contribution in [2.75, 3.05) is 40.9 Å². The summed E-state index contributed by atoms with van der Waals surface area (Å²) < 4.78 is 23.5. The summed E-state index contributed by atoms with van der Waals surface area (Å²) in [7, 11) is 2.15. The van der Waals surface area contributed by atoms with Crippen LogP contribution in [0, 0.1) is 5.92 Å². The van der Waals surface area contributed by atoms with E-state index in [2.05, 4.69) is 13.8 Å². The third-order valence-electron chi connectivity index (χ3n) is 5.92. The molecule has 0 heterocycles. The molecule has 1 N–H and O–H groups in total. The molecule has 0 aromatic rings. The Hall–Kier alpha value is 0.0700. The average molecular weight is 465 g/mol. The van der Waals surface area contributed by atoms with Gasteiger partial charge in [0.05, 0.1) is 27.7 Å². The van der Waals surface area contributed by atoms with Crippen molar-refractivity contribution >= 4 is 7.82 Å². The predicted molar refractivity (Wildman–Crippen MR) is 133 cm³/mol. The molecule has 0 radical (unpaired) electrons. The molecule has 0 aliphatic heterocycles. The topological polar surface area (TPSA) is 55.8 Å². The van der Waals surface area contributed by atoms with Gasteiger partial charge in [0.1, 0.15) is 13.2 Å². The second kappa shape index (κ2) is 19.5. The molecule has 0 spiro atoms. The average Bonchev–Trinajstić information content (AvgIpc) is 2.68. The van der Waals surface area contributed by atoms with Gasteiger partial charge in [-0.1, -0.05) is 104 Å². The van der Waals surface area contributed by atoms with Crippen LogP contribution in [0.3, 0.4) is 0 Å². The minimum atomic E-state index is -3.96. The number of unbranched alkanes of at least 4 members (excludes halogenated alkanes) is 12. The number of hydrogen-bond donors (Lipinski definition) is 1. The highest BCUT2D eigenvalue weighted by Crippen LogP contribution is 2.44. The number of nitrogens with zero attached hydrogens (tertiary/aromatic N) is 1. The maximum Gasteiger partial charge on any atom is 0.472 e. The number of rotatable bonds is 23. The molecule has 0 bridgehead atoms. The van der Waals surface area contributed by atoms with Crippen LogP contribution < -0.4 is 0 Å². The van der Waals surface area contributed by atoms with Gasteiger partial charge in [-0.05, 0) is 18.8 Å². The molecular formula is C25H55NO4P+. The van der Waals surface area contributed by atoms with E-state index in [9.17, 15) is 9.46 Å². The SMILES string of the molecule is CCCCCCCCCCC(CCCCCCCC)COP(=O)(O)OCC[N+](C)(C)C. The number of likely N-dealkylation sites (N-methyl/N-ethyl adjacent to an activating group) is 1. The van der Waals surface area contributed by atoms with E-state index in [1.165, 1.54) is 89.9 Å². The molecule has 31 heavy (non-hydrogen) atoms. The van der Waals surface area contributed by atoms with Gasteiger partial charge in [0.15, 0.2) is 0 Å². The highest BCUT2D eigenvalue weighted by atomic mass is 31.2. The summed E-state index contributed by atoms with van der Waals surface area (Å²) in [6, 6.07) is 0. The molecule has 2 unspecified atom stereocenters. The van der Waals surface area contributed by atoms with Gasteiger partial charge in [-0.25, -0.2) is 4.57 Å². The Morgan fingerprint density at radius 2 is 1.13 bits per heavy atom. The first-order valence-electron chi connectivity index (χ1n) is 13.1. The second-order valence-corrected chi connectivity index (χ2v) is 11.8. The molecule has 0 aromatic carbocycles. The molecule has 0 fully saturated rings. The third kappa shape index (κ3) is 23.0. The number of hydrogen-bond acceptors (Lipinski definition) is 3. The summed E-state index contributed by atoms with van der Waals surface area (Å²) in [6.07, 6.45) is 20.3. The Bertz CT molecular complexity index is 440. The zero-order chi connectivity index (χ0) is 23.4. The number of phosphoric ester groups is 1. The van der Waals surface area contributed by atoms with Gasteiger partial charge in [-0.15, -0.1) is 0 Å². The van der Waals surface area contributed by atoms with E-state index in [-0.39, 0.29) is 6.61 Å². The minimum Gasteiger partial charge on any atom is -0.329 e. The van der Waals surface area contributed by atoms with Crippen LogP contribution in [-0.4, -0.2) is 50.3 Å². The fourth-order valence-corrected chi connectivity index (χ4v) is 4.54. The van der Waals surface area contributed by atoms with E-state index in [0.717, 1.165) is 12.8 Å². The maximum atomic E-state index is 12.3. The van der Waals surface area contributed by atoms with Crippen LogP contribution in [0.4, 0.5) is 0 Å². The van der Waals surface area contributed by atoms with Gasteiger partial charge in [0.2, 0.25) is 0 Å². The summed E-state index contributed by atoms with van der Waals surface area (Å²) in [5.41, 5.74) is 0. The summed E-state index contributed by atoms with van der Waals surface area (Å²) in [5, 5.41) is 0. The van der Waals surface area contributed by atoms with Crippen molar-refractivity contribution in [3.8, 4) is 0 Å². The molecule has 188 valence electrons. The molecule has 0 amide bonds. The van der Waals surface area contributed by atoms with Gasteiger partial charge >= 0.3 is 7.82 Å². The van der Waals surface area contributed by atoms with Crippen molar-refractivity contribution in [2.24, 2.45) is 5.92 Å². The summed E-state index contributed by atoms with van der Waals surface area (Å²) in [5.74, 6) is 0.355. The normalized spacial score (nSPS) is 15.2. The monoisotopic (exact) mass is 464 g/mol. The van der Waals surface area contributed by atoms with E-state index in [0.29, 0.717) is 23.6 Å². The van der Waals surface area contributed by atoms with Crippen LogP contribution in [0.1, 0.15) is 117 Å². The van der Waals surface area contributed by atoms with E-state index >= 15 is 0 Å². The van der Waals surface area contributed by atoms with Crippen LogP contribution in [0.15, 0.2) is 0 Å². The Morgan fingerprint density at radius 3 is 1.55 bits per heavy atom. The minimum absolute atomic E-state index is 0.234. The van der Waals surface area contributed by atoms with Crippen LogP contribution in [0.5, 0.6) is 0 Å². The van der Waals surface area contributed by atoms with Crippen LogP contribution in [0.25, 0.3) is 0 Å². The zero-order valence-corrected chi connectivity index (χ0v) is 22.5. The quantitative estimate of drug-likeness (QED) is 0.0955. The molecule has 5 nitrogen and oxygen atoms in total. The first-order valence-corrected chi connectivity index (χ1v) is 14.6. The Labute approximate surface area is 194 Å². The lowest BCUT2D eigenvalue weighted by Gasteiger charge is -2.24. The molecule has 2 atom stereocenters. The fourth-order valence-electron chi connectivity index (χ4n) is 3.76. The van der Waals surface area contributed by atoms with Crippen LogP contribution in [0.2, 0.25) is 0 Å². The highest BCUT2D eigenvalue weighted by molar-refractivity contribution is 7.47. The molecule has 0 aliphatic rings. The van der Waals surface area contributed by atoms with Crippen LogP contribution in [-0.2, 0) is 13.6 Å². The lowest BCUT2D eigenvalue weighted by atomic mass is 9.95. The van der Waals surface area contributed by atoms with Crippen molar-refractivity contribution < 1.29 is 23.0 Å². The van der Waals surface area contributed by atoms with E-state index in [1.807, 2.05) is 21.1 Å². The number of phosphoric acid groups is 1. The molecule has 0 aromatic heterocycles. The summed E-state index contributed by atoms with van der Waals surface area (Å²) in [6.45, 7) is 5.74. The summed E-state index contributed by atoms with van der Waals surface area (Å²) in [4.78, 5) is 10.0. The molecule has 0 aliphatic carbocycles. The summed E-state index contributed by atoms with van der Waals surface area (Å²) >= 11 is 0. The van der Waals surface area contributed by atoms with Crippen molar-refractivity contribution in [1.29, 1.82) is 0 Å². The van der Waals surface area contributed by atoms with Gasteiger partial charge < -0.3 is 9.38 Å². The highest BCUT2D eigenvalue weighted by Gasteiger charge is 2.24. The molecule has 0 saturated carbocycles. The lowest BCUT2D eigenvalue weighted by molar-refractivity contribution is -0.870. The van der Waals surface area contributed by atoms with Gasteiger partial charge in [0.25, 0.3) is 0 Å². The van der Waals surface area contributed by atoms with Gasteiger partial charge in [-0.3, -0.25) is 9.05 Å². The van der Waals surface area contributed by atoms with Crippen molar-refractivity contribution in [1.82, 2.24) is 0 Å². The zero-order valence-electron chi connectivity index (χ0n) is 21.6.